The molecule has 0 fully saturated rings. The van der Waals surface area contributed by atoms with Gasteiger partial charge in [-0.3, -0.25) is 0 Å². The predicted molar refractivity (Wildman–Crippen MR) is 64.8 cm³/mol. The summed E-state index contributed by atoms with van der Waals surface area (Å²) < 4.78 is 0. The van der Waals surface area contributed by atoms with Crippen molar-refractivity contribution in [3.63, 3.8) is 0 Å². The van der Waals surface area contributed by atoms with Crippen molar-refractivity contribution >= 4 is 19.0 Å². The van der Waals surface area contributed by atoms with Crippen LogP contribution in [0.3, 0.4) is 0 Å². The third kappa shape index (κ3) is 2.12. The number of anilines is 1. The predicted octanol–water partition coefficient (Wildman–Crippen LogP) is 1.89. The van der Waals surface area contributed by atoms with Gasteiger partial charge in [0, 0.05) is 19.3 Å². The molecule has 0 amide bonds. The molecule has 0 spiro atoms. The molecule has 0 unspecified atom stereocenters. The van der Waals surface area contributed by atoms with Crippen molar-refractivity contribution in [1.29, 1.82) is 0 Å². The summed E-state index contributed by atoms with van der Waals surface area (Å²) in [6.07, 6.45) is 2.35. The average Bonchev–Trinajstić information content (AvgIpc) is 2.23. The lowest BCUT2D eigenvalue weighted by Gasteiger charge is -2.28. The minimum absolute atomic E-state index is 0.944. The molecule has 2 rings (SSSR count). The van der Waals surface area contributed by atoms with Crippen molar-refractivity contribution < 1.29 is 0 Å². The van der Waals surface area contributed by atoms with Crippen molar-refractivity contribution in [2.45, 2.75) is 26.7 Å². The van der Waals surface area contributed by atoms with Gasteiger partial charge < -0.3 is 4.90 Å². The second-order valence-corrected chi connectivity index (χ2v) is 3.37. The normalized spacial score (nSPS) is 14.1. The molecule has 14 heavy (non-hydrogen) atoms. The molecule has 2 heteroatoms. The molecule has 0 saturated carbocycles. The number of fused-ring (bicyclic) bond motifs is 1. The van der Waals surface area contributed by atoms with Gasteiger partial charge in [-0.05, 0) is 24.5 Å². The topological polar surface area (TPSA) is 3.24 Å². The fourth-order valence-corrected chi connectivity index (χ4v) is 1.84. The van der Waals surface area contributed by atoms with Crippen LogP contribution in [0.15, 0.2) is 18.2 Å². The molecule has 1 aromatic rings. The number of nitrogens with zero attached hydrogens (tertiary/aromatic N) is 1. The number of rotatable bonds is 0. The minimum Gasteiger partial charge on any atom is -0.374 e. The van der Waals surface area contributed by atoms with E-state index >= 15 is 0 Å². The highest BCUT2D eigenvalue weighted by Crippen LogP contribution is 2.23. The first kappa shape index (κ1) is 11.2. The Hall–Kier alpha value is -0.915. The summed E-state index contributed by atoms with van der Waals surface area (Å²) >= 11 is 0. The van der Waals surface area contributed by atoms with Crippen molar-refractivity contribution in [2.24, 2.45) is 0 Å². The van der Waals surface area contributed by atoms with E-state index in [9.17, 15) is 0 Å². The second-order valence-electron chi connectivity index (χ2n) is 3.37. The van der Waals surface area contributed by atoms with E-state index < -0.39 is 0 Å². The van der Waals surface area contributed by atoms with Gasteiger partial charge in [0.15, 0.2) is 0 Å². The van der Waals surface area contributed by atoms with E-state index in [1.807, 2.05) is 26.0 Å². The molecular formula is C12H18BN. The molecular weight excluding hydrogens is 169 g/mol. The van der Waals surface area contributed by atoms with E-state index in [1.54, 1.807) is 0 Å². The average molecular weight is 187 g/mol. The van der Waals surface area contributed by atoms with Crippen molar-refractivity contribution in [3.05, 3.63) is 23.8 Å². The summed E-state index contributed by atoms with van der Waals surface area (Å²) in [4.78, 5) is 2.27. The van der Waals surface area contributed by atoms with Crippen LogP contribution in [-0.2, 0) is 6.42 Å². The summed E-state index contributed by atoms with van der Waals surface area (Å²) in [6.45, 7) is 5.15. The van der Waals surface area contributed by atoms with Crippen molar-refractivity contribution in [3.8, 4) is 0 Å². The zero-order chi connectivity index (χ0) is 10.6. The smallest absolute Gasteiger partial charge is 0.114 e. The molecule has 0 atom stereocenters. The highest BCUT2D eigenvalue weighted by Gasteiger charge is 2.13. The van der Waals surface area contributed by atoms with E-state index in [0.717, 1.165) is 18.4 Å². The van der Waals surface area contributed by atoms with E-state index in [0.29, 0.717) is 0 Å². The van der Waals surface area contributed by atoms with Gasteiger partial charge in [0.05, 0.1) is 0 Å². The maximum atomic E-state index is 5.88. The Morgan fingerprint density at radius 3 is 2.64 bits per heavy atom. The summed E-state index contributed by atoms with van der Waals surface area (Å²) in [5.41, 5.74) is 3.58. The van der Waals surface area contributed by atoms with Gasteiger partial charge in [-0.25, -0.2) is 0 Å². The van der Waals surface area contributed by atoms with Crippen LogP contribution in [0.4, 0.5) is 5.69 Å². The molecule has 1 nitrogen and oxygen atoms in total. The van der Waals surface area contributed by atoms with Gasteiger partial charge in [-0.2, -0.15) is 0 Å². The lowest BCUT2D eigenvalue weighted by Crippen LogP contribution is -2.28. The lowest BCUT2D eigenvalue weighted by atomic mass is 9.86. The summed E-state index contributed by atoms with van der Waals surface area (Å²) in [5, 5.41) is 0. The van der Waals surface area contributed by atoms with Crippen LogP contribution in [0, 0.1) is 0 Å². The van der Waals surface area contributed by atoms with Crippen LogP contribution in [0.25, 0.3) is 0 Å². The van der Waals surface area contributed by atoms with Crippen LogP contribution < -0.4 is 10.4 Å². The standard InChI is InChI=1S/C10H12BN.C2H6/c1-12-7-3-4-8-9(11)5-2-6-10(8)12;1-2/h2,5-6H,3-4,7H2,1H3;1-2H3. The first-order valence-corrected chi connectivity index (χ1v) is 5.37. The Balaban J connectivity index is 0.000000461. The summed E-state index contributed by atoms with van der Waals surface area (Å²) in [5.74, 6) is 0. The number of hydrogen-bond donors (Lipinski definition) is 0. The van der Waals surface area contributed by atoms with Crippen LogP contribution >= 0.6 is 0 Å². The molecule has 0 N–H and O–H groups in total. The van der Waals surface area contributed by atoms with Gasteiger partial charge in [0.25, 0.3) is 0 Å². The molecule has 0 saturated heterocycles. The van der Waals surface area contributed by atoms with Crippen LogP contribution in [0.2, 0.25) is 0 Å². The van der Waals surface area contributed by atoms with E-state index in [1.165, 1.54) is 17.7 Å². The molecule has 1 heterocycles. The highest BCUT2D eigenvalue weighted by atomic mass is 15.1. The van der Waals surface area contributed by atoms with Crippen molar-refractivity contribution in [1.82, 2.24) is 0 Å². The second kappa shape index (κ2) is 5.09. The zero-order valence-corrected chi connectivity index (χ0v) is 9.38. The maximum Gasteiger partial charge on any atom is 0.114 e. The minimum atomic E-state index is 0.944. The number of benzene rings is 1. The first-order valence-electron chi connectivity index (χ1n) is 5.37. The Morgan fingerprint density at radius 1 is 1.29 bits per heavy atom. The molecule has 2 radical (unpaired) electrons. The summed E-state index contributed by atoms with van der Waals surface area (Å²) in [7, 11) is 8.00. The first-order chi connectivity index (χ1) is 6.79. The Morgan fingerprint density at radius 2 is 2.00 bits per heavy atom. The van der Waals surface area contributed by atoms with E-state index in [-0.39, 0.29) is 0 Å². The van der Waals surface area contributed by atoms with E-state index in [4.69, 9.17) is 7.85 Å². The van der Waals surface area contributed by atoms with Crippen LogP contribution in [-0.4, -0.2) is 21.4 Å². The van der Waals surface area contributed by atoms with Gasteiger partial charge in [-0.15, -0.1) is 0 Å². The summed E-state index contributed by atoms with van der Waals surface area (Å²) in [6, 6.07) is 6.15. The third-order valence-corrected chi connectivity index (χ3v) is 2.52. The van der Waals surface area contributed by atoms with Gasteiger partial charge in [-0.1, -0.05) is 31.4 Å². The highest BCUT2D eigenvalue weighted by molar-refractivity contribution is 6.33. The molecule has 1 aliphatic rings. The Bertz CT molecular complexity index is 296. The molecule has 74 valence electrons. The molecule has 0 aliphatic carbocycles. The zero-order valence-electron chi connectivity index (χ0n) is 9.38. The number of hydrogen-bond acceptors (Lipinski definition) is 1. The van der Waals surface area contributed by atoms with E-state index in [2.05, 4.69) is 18.0 Å². The largest absolute Gasteiger partial charge is 0.374 e. The Labute approximate surface area is 88.5 Å². The molecule has 0 aromatic heterocycles. The quantitative estimate of drug-likeness (QED) is 0.560. The fourth-order valence-electron chi connectivity index (χ4n) is 1.84. The van der Waals surface area contributed by atoms with Crippen molar-refractivity contribution in [2.75, 3.05) is 18.5 Å². The van der Waals surface area contributed by atoms with Crippen LogP contribution in [0.1, 0.15) is 25.8 Å². The van der Waals surface area contributed by atoms with Gasteiger partial charge in [0.1, 0.15) is 7.85 Å². The maximum absolute atomic E-state index is 5.88. The lowest BCUT2D eigenvalue weighted by molar-refractivity contribution is 0.747. The van der Waals surface area contributed by atoms with Crippen LogP contribution in [0.5, 0.6) is 0 Å². The van der Waals surface area contributed by atoms with Gasteiger partial charge in [0.2, 0.25) is 0 Å². The Kier molecular flexibility index (Phi) is 4.06. The third-order valence-electron chi connectivity index (χ3n) is 2.52. The SMILES string of the molecule is CC.[B]c1cccc2c1CCCN2C. The molecule has 1 aromatic carbocycles. The van der Waals surface area contributed by atoms with Gasteiger partial charge >= 0.3 is 0 Å². The molecule has 1 aliphatic heterocycles. The fraction of sp³-hybridized carbons (Fsp3) is 0.500. The molecule has 0 bridgehead atoms. The monoisotopic (exact) mass is 187 g/mol.